The van der Waals surface area contributed by atoms with E-state index >= 15 is 0 Å². The molecule has 1 aromatic carbocycles. The van der Waals surface area contributed by atoms with E-state index in [9.17, 15) is 14.4 Å². The van der Waals surface area contributed by atoms with Gasteiger partial charge in [0.15, 0.2) is 0 Å². The zero-order valence-electron chi connectivity index (χ0n) is 17.3. The Kier molecular flexibility index (Phi) is 5.96. The maximum Gasteiger partial charge on any atom is 0.407 e. The van der Waals surface area contributed by atoms with Gasteiger partial charge in [0.1, 0.15) is 16.9 Å². The summed E-state index contributed by atoms with van der Waals surface area (Å²) in [6.45, 7) is 7.25. The number of carbonyl (C=O) groups excluding carboxylic acids is 2. The van der Waals surface area contributed by atoms with Crippen LogP contribution < -0.4 is 15.7 Å². The molecule has 0 spiro atoms. The van der Waals surface area contributed by atoms with Gasteiger partial charge in [-0.15, -0.1) is 0 Å². The van der Waals surface area contributed by atoms with Gasteiger partial charge in [-0.2, -0.15) is 0 Å². The van der Waals surface area contributed by atoms with Crippen LogP contribution in [0.1, 0.15) is 56.7 Å². The fraction of sp³-hybridized carbons (Fsp3) is 0.500. The lowest BCUT2D eigenvalue weighted by molar-refractivity contribution is -0.134. The van der Waals surface area contributed by atoms with Gasteiger partial charge in [-0.3, -0.25) is 4.79 Å². The molecule has 0 aliphatic heterocycles. The van der Waals surface area contributed by atoms with Gasteiger partial charge in [0.2, 0.25) is 0 Å². The van der Waals surface area contributed by atoms with Gasteiger partial charge in [-0.1, -0.05) is 0 Å². The summed E-state index contributed by atoms with van der Waals surface area (Å²) >= 11 is 0. The summed E-state index contributed by atoms with van der Waals surface area (Å²) in [5.74, 6) is -0.0899. The molecule has 2 aromatic rings. The van der Waals surface area contributed by atoms with Gasteiger partial charge < -0.3 is 19.2 Å². The van der Waals surface area contributed by atoms with Crippen molar-refractivity contribution in [1.82, 2.24) is 5.32 Å². The number of hydrogen-bond acceptors (Lipinski definition) is 6. The van der Waals surface area contributed by atoms with Crippen LogP contribution in [0.2, 0.25) is 0 Å². The molecule has 0 fully saturated rings. The number of amides is 1. The van der Waals surface area contributed by atoms with Crippen LogP contribution in [-0.2, 0) is 22.4 Å². The van der Waals surface area contributed by atoms with Crippen molar-refractivity contribution in [3.8, 4) is 5.75 Å². The molecule has 0 radical (unpaired) electrons. The summed E-state index contributed by atoms with van der Waals surface area (Å²) in [5.41, 5.74) is 1.94. The fourth-order valence-electron chi connectivity index (χ4n) is 3.50. The third kappa shape index (κ3) is 5.16. The molecule has 29 heavy (non-hydrogen) atoms. The van der Waals surface area contributed by atoms with Crippen LogP contribution in [0.5, 0.6) is 5.75 Å². The highest BCUT2D eigenvalue weighted by Gasteiger charge is 2.22. The Balaban J connectivity index is 1.77. The van der Waals surface area contributed by atoms with Gasteiger partial charge >= 0.3 is 17.7 Å². The third-order valence-electron chi connectivity index (χ3n) is 4.65. The zero-order valence-corrected chi connectivity index (χ0v) is 17.3. The van der Waals surface area contributed by atoms with Crippen molar-refractivity contribution in [3.05, 3.63) is 39.2 Å². The molecule has 0 unspecified atom stereocenters. The van der Waals surface area contributed by atoms with Crippen molar-refractivity contribution >= 4 is 23.0 Å². The number of carbonyl (C=O) groups is 2. The Labute approximate surface area is 169 Å². The van der Waals surface area contributed by atoms with Crippen LogP contribution in [0, 0.1) is 6.92 Å². The highest BCUT2D eigenvalue weighted by atomic mass is 16.6. The Morgan fingerprint density at radius 3 is 2.52 bits per heavy atom. The number of benzene rings is 1. The van der Waals surface area contributed by atoms with Gasteiger partial charge in [0, 0.05) is 12.1 Å². The molecule has 0 bridgehead atoms. The molecular weight excluding hydrogens is 374 g/mol. The average Bonchev–Trinajstić information content (AvgIpc) is 2.59. The molecule has 1 aliphatic carbocycles. The van der Waals surface area contributed by atoms with Crippen molar-refractivity contribution in [2.24, 2.45) is 0 Å². The minimum atomic E-state index is -0.603. The standard InChI is InChI=1S/C22H27NO6/c1-13-11-16(27-18(24)9-10-23-21(26)29-22(2,3)4)19-14-7-5-6-8-15(14)20(25)28-17(19)12-13/h11-12H,5-10H2,1-4H3,(H,23,26). The fourth-order valence-corrected chi connectivity index (χ4v) is 3.50. The van der Waals surface area contributed by atoms with E-state index in [4.69, 9.17) is 13.9 Å². The SMILES string of the molecule is Cc1cc(OC(=O)CCNC(=O)OC(C)(C)C)c2c3c(c(=O)oc2c1)CCCC3. The first-order valence-electron chi connectivity index (χ1n) is 9.91. The van der Waals surface area contributed by atoms with E-state index in [0.29, 0.717) is 28.7 Å². The lowest BCUT2D eigenvalue weighted by Gasteiger charge is -2.19. The van der Waals surface area contributed by atoms with Gasteiger partial charge in [0.25, 0.3) is 0 Å². The van der Waals surface area contributed by atoms with Crippen molar-refractivity contribution in [1.29, 1.82) is 0 Å². The summed E-state index contributed by atoms with van der Waals surface area (Å²) in [4.78, 5) is 36.3. The Morgan fingerprint density at radius 2 is 1.83 bits per heavy atom. The molecule has 1 N–H and O–H groups in total. The number of alkyl carbamates (subject to hydrolysis) is 1. The predicted molar refractivity (Wildman–Crippen MR) is 108 cm³/mol. The second kappa shape index (κ2) is 8.27. The number of aryl methyl sites for hydroxylation is 2. The van der Waals surface area contributed by atoms with E-state index < -0.39 is 17.7 Å². The van der Waals surface area contributed by atoms with Crippen LogP contribution >= 0.6 is 0 Å². The topological polar surface area (TPSA) is 94.8 Å². The Morgan fingerprint density at radius 1 is 1.14 bits per heavy atom. The minimum absolute atomic E-state index is 0.00630. The molecule has 0 saturated heterocycles. The van der Waals surface area contributed by atoms with Crippen molar-refractivity contribution < 1.29 is 23.5 Å². The molecular formula is C22H27NO6. The maximum atomic E-state index is 12.4. The Hall–Kier alpha value is -2.83. The number of esters is 1. The van der Waals surface area contributed by atoms with Crippen molar-refractivity contribution in [2.75, 3.05) is 6.54 Å². The summed E-state index contributed by atoms with van der Waals surface area (Å²) in [6.07, 6.45) is 2.77. The molecule has 0 saturated carbocycles. The quantitative estimate of drug-likeness (QED) is 0.476. The smallest absolute Gasteiger partial charge is 0.407 e. The molecule has 7 nitrogen and oxygen atoms in total. The maximum absolute atomic E-state index is 12.4. The summed E-state index contributed by atoms with van der Waals surface area (Å²) in [7, 11) is 0. The second-order valence-electron chi connectivity index (χ2n) is 8.34. The highest BCUT2D eigenvalue weighted by Crippen LogP contribution is 2.34. The average molecular weight is 401 g/mol. The van der Waals surface area contributed by atoms with Gasteiger partial charge in [-0.25, -0.2) is 9.59 Å². The van der Waals surface area contributed by atoms with Crippen LogP contribution in [0.25, 0.3) is 11.0 Å². The normalized spacial score (nSPS) is 13.7. The van der Waals surface area contributed by atoms with E-state index in [1.54, 1.807) is 32.9 Å². The van der Waals surface area contributed by atoms with Gasteiger partial charge in [-0.05, 0) is 76.6 Å². The first kappa shape index (κ1) is 20.9. The summed E-state index contributed by atoms with van der Waals surface area (Å²) in [5, 5.41) is 3.23. The van der Waals surface area contributed by atoms with E-state index in [1.807, 2.05) is 6.92 Å². The third-order valence-corrected chi connectivity index (χ3v) is 4.65. The van der Waals surface area contributed by atoms with E-state index in [-0.39, 0.29) is 18.6 Å². The first-order chi connectivity index (χ1) is 13.6. The molecule has 156 valence electrons. The number of hydrogen-bond donors (Lipinski definition) is 1. The molecule has 3 rings (SSSR count). The number of nitrogens with one attached hydrogen (secondary N) is 1. The van der Waals surface area contributed by atoms with Crippen LogP contribution in [0.15, 0.2) is 21.3 Å². The van der Waals surface area contributed by atoms with Crippen LogP contribution in [-0.4, -0.2) is 24.2 Å². The molecule has 1 heterocycles. The van der Waals surface area contributed by atoms with E-state index in [0.717, 1.165) is 30.4 Å². The number of fused-ring (bicyclic) bond motifs is 3. The van der Waals surface area contributed by atoms with Crippen molar-refractivity contribution in [3.63, 3.8) is 0 Å². The van der Waals surface area contributed by atoms with Crippen LogP contribution in [0.4, 0.5) is 4.79 Å². The highest BCUT2D eigenvalue weighted by molar-refractivity contribution is 5.91. The molecule has 1 amide bonds. The largest absolute Gasteiger partial charge is 0.444 e. The van der Waals surface area contributed by atoms with Gasteiger partial charge in [0.05, 0.1) is 11.8 Å². The number of ether oxygens (including phenoxy) is 2. The van der Waals surface area contributed by atoms with E-state index in [2.05, 4.69) is 5.32 Å². The summed E-state index contributed by atoms with van der Waals surface area (Å²) in [6, 6.07) is 3.56. The molecule has 1 aromatic heterocycles. The lowest BCUT2D eigenvalue weighted by atomic mass is 9.90. The number of rotatable bonds is 4. The summed E-state index contributed by atoms with van der Waals surface area (Å²) < 4.78 is 16.2. The van der Waals surface area contributed by atoms with Crippen LogP contribution in [0.3, 0.4) is 0 Å². The van der Waals surface area contributed by atoms with E-state index in [1.165, 1.54) is 0 Å². The lowest BCUT2D eigenvalue weighted by Crippen LogP contribution is -2.34. The molecule has 7 heteroatoms. The minimum Gasteiger partial charge on any atom is -0.444 e. The Bertz CT molecular complexity index is 999. The zero-order chi connectivity index (χ0) is 21.2. The molecule has 1 aliphatic rings. The first-order valence-corrected chi connectivity index (χ1v) is 9.91. The van der Waals surface area contributed by atoms with Crippen molar-refractivity contribution in [2.45, 2.75) is 65.4 Å². The monoisotopic (exact) mass is 401 g/mol. The molecule has 0 atom stereocenters. The predicted octanol–water partition coefficient (Wildman–Crippen LogP) is 3.80. The second-order valence-corrected chi connectivity index (χ2v) is 8.34.